The molecular formula is C42H60N8O6. The maximum atomic E-state index is 13.9. The quantitative estimate of drug-likeness (QED) is 0.135. The summed E-state index contributed by atoms with van der Waals surface area (Å²) in [6, 6.07) is 10.8. The third-order valence-corrected chi connectivity index (χ3v) is 11.1. The molecule has 0 fully saturated rings. The Labute approximate surface area is 330 Å². The number of rotatable bonds is 18. The lowest BCUT2D eigenvalue weighted by Crippen LogP contribution is -2.61. The van der Waals surface area contributed by atoms with Gasteiger partial charge in [-0.15, -0.1) is 5.10 Å². The molecular weight excluding hydrogens is 713 g/mol. The van der Waals surface area contributed by atoms with Crippen molar-refractivity contribution in [3.8, 4) is 11.5 Å². The Bertz CT molecular complexity index is 2000. The highest BCUT2D eigenvalue weighted by molar-refractivity contribution is 5.92. The molecule has 14 heteroatoms. The zero-order chi connectivity index (χ0) is 40.7. The molecule has 56 heavy (non-hydrogen) atoms. The van der Waals surface area contributed by atoms with E-state index in [-0.39, 0.29) is 49.3 Å². The summed E-state index contributed by atoms with van der Waals surface area (Å²) in [7, 11) is 3.10. The topological polar surface area (TPSA) is 159 Å². The summed E-state index contributed by atoms with van der Waals surface area (Å²) in [5.41, 5.74) is 11.5. The second-order valence-electron chi connectivity index (χ2n) is 15.5. The van der Waals surface area contributed by atoms with Crippen LogP contribution < -0.4 is 20.5 Å². The van der Waals surface area contributed by atoms with Gasteiger partial charge in [0.25, 0.3) is 0 Å². The molecule has 2 aromatic carbocycles. The molecule has 0 aliphatic carbocycles. The Balaban J connectivity index is 1.18. The number of esters is 1. The lowest BCUT2D eigenvalue weighted by atomic mass is 9.94. The van der Waals surface area contributed by atoms with Gasteiger partial charge in [-0.05, 0) is 75.5 Å². The van der Waals surface area contributed by atoms with Crippen molar-refractivity contribution in [3.05, 3.63) is 70.7 Å². The Morgan fingerprint density at radius 2 is 1.80 bits per heavy atom. The maximum absolute atomic E-state index is 13.9. The van der Waals surface area contributed by atoms with Crippen molar-refractivity contribution in [2.24, 2.45) is 11.7 Å². The molecule has 3 N–H and O–H groups in total. The van der Waals surface area contributed by atoms with Crippen molar-refractivity contribution >= 4 is 28.7 Å². The lowest BCUT2D eigenvalue weighted by molar-refractivity contribution is -0.149. The van der Waals surface area contributed by atoms with E-state index in [0.717, 1.165) is 37.1 Å². The van der Waals surface area contributed by atoms with Crippen LogP contribution in [0, 0.1) is 12.8 Å². The van der Waals surface area contributed by atoms with Gasteiger partial charge in [-0.2, -0.15) is 0 Å². The fourth-order valence-electron chi connectivity index (χ4n) is 7.31. The van der Waals surface area contributed by atoms with Crippen molar-refractivity contribution in [2.45, 2.75) is 118 Å². The van der Waals surface area contributed by atoms with Crippen LogP contribution in [-0.2, 0) is 58.3 Å². The van der Waals surface area contributed by atoms with Gasteiger partial charge in [-0.25, -0.2) is 0 Å². The zero-order valence-electron chi connectivity index (χ0n) is 34.6. The molecule has 0 unspecified atom stereocenters. The van der Waals surface area contributed by atoms with Gasteiger partial charge in [0, 0.05) is 55.2 Å². The third-order valence-electron chi connectivity index (χ3n) is 11.1. The number of nitrogens with zero attached hydrogens (tertiary/aromatic N) is 6. The third kappa shape index (κ3) is 9.52. The van der Waals surface area contributed by atoms with E-state index < -0.39 is 11.6 Å². The number of hydrogen-bond acceptors (Lipinski definition) is 10. The smallest absolute Gasteiger partial charge is 0.307 e. The predicted octanol–water partition coefficient (Wildman–Crippen LogP) is 4.76. The van der Waals surface area contributed by atoms with E-state index in [4.69, 9.17) is 19.9 Å². The number of carbonyl (C=O) groups is 3. The van der Waals surface area contributed by atoms with E-state index in [9.17, 15) is 14.4 Å². The normalized spacial score (nSPS) is 14.8. The van der Waals surface area contributed by atoms with Crippen molar-refractivity contribution < 1.29 is 28.6 Å². The second kappa shape index (κ2) is 18.3. The average Bonchev–Trinajstić information content (AvgIpc) is 3.77. The zero-order valence-corrected chi connectivity index (χ0v) is 34.6. The summed E-state index contributed by atoms with van der Waals surface area (Å²) < 4.78 is 20.4. The molecule has 0 saturated heterocycles. The molecule has 0 radical (unpaired) electrons. The highest BCUT2D eigenvalue weighted by Gasteiger charge is 2.41. The Kier molecular flexibility index (Phi) is 13.8. The summed E-state index contributed by atoms with van der Waals surface area (Å²) in [4.78, 5) is 44.8. The number of ether oxygens (including phenoxy) is 3. The van der Waals surface area contributed by atoms with E-state index >= 15 is 0 Å². The minimum absolute atomic E-state index is 0.00848. The van der Waals surface area contributed by atoms with E-state index in [1.807, 2.05) is 26.8 Å². The van der Waals surface area contributed by atoms with E-state index in [0.29, 0.717) is 36.7 Å². The van der Waals surface area contributed by atoms with Gasteiger partial charge in [0.2, 0.25) is 11.8 Å². The molecule has 3 heterocycles. The van der Waals surface area contributed by atoms with Crippen LogP contribution in [0.1, 0.15) is 82.5 Å². The van der Waals surface area contributed by atoms with Crippen molar-refractivity contribution in [3.63, 3.8) is 0 Å². The molecule has 1 aliphatic heterocycles. The minimum atomic E-state index is -1.27. The molecule has 1 aliphatic rings. The maximum Gasteiger partial charge on any atom is 0.307 e. The Morgan fingerprint density at radius 3 is 2.50 bits per heavy atom. The van der Waals surface area contributed by atoms with E-state index in [2.05, 4.69) is 57.1 Å². The van der Waals surface area contributed by atoms with E-state index in [1.54, 1.807) is 51.1 Å². The largest absolute Gasteiger partial charge is 0.493 e. The predicted molar refractivity (Wildman–Crippen MR) is 215 cm³/mol. The monoisotopic (exact) mass is 772 g/mol. The van der Waals surface area contributed by atoms with Crippen LogP contribution in [-0.4, -0.2) is 92.1 Å². The molecule has 5 rings (SSSR count). The minimum Gasteiger partial charge on any atom is -0.493 e. The number of amides is 2. The van der Waals surface area contributed by atoms with Gasteiger partial charge in [0.1, 0.15) is 17.8 Å². The number of benzene rings is 2. The fraction of sp³-hybridized carbons (Fsp3) is 0.548. The number of aryl methyl sites for hydroxylation is 2. The van der Waals surface area contributed by atoms with Crippen LogP contribution in [0.4, 0.5) is 0 Å². The molecule has 2 aromatic heterocycles. The number of methoxy groups -OCH3 is 2. The highest BCUT2D eigenvalue weighted by atomic mass is 16.5. The van der Waals surface area contributed by atoms with Crippen LogP contribution in [0.25, 0.3) is 10.9 Å². The first-order chi connectivity index (χ1) is 26.7. The van der Waals surface area contributed by atoms with Crippen LogP contribution in [0.5, 0.6) is 11.5 Å². The van der Waals surface area contributed by atoms with Crippen LogP contribution in [0.3, 0.4) is 0 Å². The first kappa shape index (κ1) is 42.2. The molecule has 14 nitrogen and oxygen atoms in total. The van der Waals surface area contributed by atoms with Crippen molar-refractivity contribution in [1.29, 1.82) is 0 Å². The SMILES string of the molecule is CC[C@H](C)[C@H](N)C(=O)N(Cc1ccc(OC)c(OC)c1)C(C)(C)C(=O)N[C@H](C)Cn1cc(COC(=O)CCn2c3c(c4cc(C)ccc42)CN(CC)CC3)nn1. The summed E-state index contributed by atoms with van der Waals surface area (Å²) in [6.07, 6.45) is 3.61. The lowest BCUT2D eigenvalue weighted by Gasteiger charge is -2.40. The summed E-state index contributed by atoms with van der Waals surface area (Å²) in [6.45, 7) is 17.4. The van der Waals surface area contributed by atoms with Crippen LogP contribution in [0.15, 0.2) is 42.6 Å². The van der Waals surface area contributed by atoms with E-state index in [1.165, 1.54) is 27.1 Å². The second-order valence-corrected chi connectivity index (χ2v) is 15.5. The number of carbonyl (C=O) groups excluding carboxylic acids is 3. The van der Waals surface area contributed by atoms with Crippen LogP contribution in [0.2, 0.25) is 0 Å². The number of likely N-dealkylation sites (N-methyl/N-ethyl adjacent to an activating group) is 1. The number of hydrogen-bond donors (Lipinski definition) is 2. The molecule has 0 saturated carbocycles. The fourth-order valence-corrected chi connectivity index (χ4v) is 7.31. The number of fused-ring (bicyclic) bond motifs is 3. The molecule has 3 atom stereocenters. The van der Waals surface area contributed by atoms with Gasteiger partial charge in [-0.3, -0.25) is 24.0 Å². The molecule has 0 spiro atoms. The van der Waals surface area contributed by atoms with Gasteiger partial charge in [-0.1, -0.05) is 50.1 Å². The number of aromatic nitrogens is 4. The molecule has 4 aromatic rings. The molecule has 2 amide bonds. The Hall–Kier alpha value is -4.95. The summed E-state index contributed by atoms with van der Waals surface area (Å²) in [5, 5.41) is 12.7. The molecule has 304 valence electrons. The first-order valence-corrected chi connectivity index (χ1v) is 19.7. The number of nitrogens with one attached hydrogen (secondary N) is 1. The van der Waals surface area contributed by atoms with Gasteiger partial charge in [0.05, 0.1) is 39.4 Å². The summed E-state index contributed by atoms with van der Waals surface area (Å²) >= 11 is 0. The van der Waals surface area contributed by atoms with Crippen molar-refractivity contribution in [1.82, 2.24) is 34.7 Å². The van der Waals surface area contributed by atoms with Gasteiger partial charge < -0.3 is 34.7 Å². The molecule has 0 bridgehead atoms. The van der Waals surface area contributed by atoms with Crippen molar-refractivity contribution in [2.75, 3.05) is 27.3 Å². The van der Waals surface area contributed by atoms with Crippen LogP contribution >= 0.6 is 0 Å². The van der Waals surface area contributed by atoms with Gasteiger partial charge >= 0.3 is 5.97 Å². The average molecular weight is 773 g/mol. The Morgan fingerprint density at radius 1 is 1.05 bits per heavy atom. The number of nitrogens with two attached hydrogens (primary N) is 1. The van der Waals surface area contributed by atoms with Gasteiger partial charge in [0.15, 0.2) is 11.5 Å². The standard InChI is InChI=1S/C42H60N8O6/c1-10-28(4)39(43)40(52)50(23-30-13-15-36(54-8)37(21-30)55-9)42(6,7)41(53)44-29(5)22-48-24-31(45-46-48)26-56-38(51)17-19-49-34-14-12-27(3)20-32(34)33-25-47(11-2)18-16-35(33)49/h12-15,20-21,24,28-29,39H,10-11,16-19,22-23,25-26,43H2,1-9H3,(H,44,53)/t28-,29+,39-/m0/s1. The summed E-state index contributed by atoms with van der Waals surface area (Å²) in [5.74, 6) is 0.0103. The highest BCUT2D eigenvalue weighted by Crippen LogP contribution is 2.33. The first-order valence-electron chi connectivity index (χ1n) is 19.7.